The molecule has 5 aromatic carbocycles. The molecule has 9 rings (SSSR count). The average molecular weight is 647 g/mol. The maximum atomic E-state index is 13.0. The van der Waals surface area contributed by atoms with Crippen molar-refractivity contribution < 1.29 is 9.47 Å². The van der Waals surface area contributed by atoms with E-state index in [1.165, 1.54) is 0 Å². The van der Waals surface area contributed by atoms with Crippen molar-refractivity contribution in [1.82, 2.24) is 19.1 Å². The van der Waals surface area contributed by atoms with Crippen LogP contribution in [-0.2, 0) is 0 Å². The summed E-state index contributed by atoms with van der Waals surface area (Å²) in [6.45, 7) is 3.97. The van der Waals surface area contributed by atoms with Crippen LogP contribution in [0.5, 0.6) is 23.0 Å². The molecule has 10 nitrogen and oxygen atoms in total. The Morgan fingerprint density at radius 3 is 1.39 bits per heavy atom. The van der Waals surface area contributed by atoms with Gasteiger partial charge in [0.1, 0.15) is 32.1 Å². The van der Waals surface area contributed by atoms with Gasteiger partial charge in [0, 0.05) is 12.1 Å². The van der Waals surface area contributed by atoms with Crippen LogP contribution in [0.3, 0.4) is 0 Å². The number of nitrogens with one attached hydrogen (secondary N) is 2. The van der Waals surface area contributed by atoms with E-state index in [9.17, 15) is 9.59 Å². The third kappa shape index (κ3) is 3.84. The Kier molecular flexibility index (Phi) is 5.51. The van der Waals surface area contributed by atoms with Crippen LogP contribution in [0.2, 0.25) is 10.0 Å². The van der Waals surface area contributed by atoms with Gasteiger partial charge in [-0.3, -0.25) is 9.13 Å². The number of rotatable bonds is 2. The lowest BCUT2D eigenvalue weighted by atomic mass is 10.1. The molecule has 12 heteroatoms. The van der Waals surface area contributed by atoms with Gasteiger partial charge in [-0.1, -0.05) is 58.6 Å². The molecule has 0 aliphatic carbocycles. The molecule has 0 amide bonds. The minimum absolute atomic E-state index is 0.158. The van der Waals surface area contributed by atoms with Gasteiger partial charge in [-0.2, -0.15) is 0 Å². The van der Waals surface area contributed by atoms with Crippen molar-refractivity contribution >= 4 is 56.6 Å². The zero-order chi connectivity index (χ0) is 31.4. The number of halogens is 2. The number of fused-ring (bicyclic) bond motifs is 6. The fourth-order valence-corrected chi connectivity index (χ4v) is 6.47. The molecular weight excluding hydrogens is 627 g/mol. The first-order valence-electron chi connectivity index (χ1n) is 14.3. The molecule has 0 saturated carbocycles. The summed E-state index contributed by atoms with van der Waals surface area (Å²) in [5, 5.41) is 0.863. The Labute approximate surface area is 268 Å². The standard InChI is InChI=1S/C34H20Cl2N6O4/c1-15-3-7-17(8-4-15)41-23-13-25-21(11-19(23)39-33(41)43)37-29-28(36)32-30(27(35)31(29)45-25)38-22-12-20-24(14-26(22)46-32)42(34(44)40-20)18-9-5-16(2)6-10-18/h3-14H,1-2H3,(H,39,43)(H,40,44). The van der Waals surface area contributed by atoms with Crippen molar-refractivity contribution in [1.29, 1.82) is 0 Å². The monoisotopic (exact) mass is 646 g/mol. The summed E-state index contributed by atoms with van der Waals surface area (Å²) in [5.41, 5.74) is 6.31. The first-order chi connectivity index (χ1) is 22.2. The molecule has 0 radical (unpaired) electrons. The van der Waals surface area contributed by atoms with Gasteiger partial charge in [0.25, 0.3) is 0 Å². The van der Waals surface area contributed by atoms with Gasteiger partial charge < -0.3 is 19.4 Å². The molecule has 7 aromatic rings. The predicted octanol–water partition coefficient (Wildman–Crippen LogP) is 6.99. The summed E-state index contributed by atoms with van der Waals surface area (Å²) < 4.78 is 15.8. The van der Waals surface area contributed by atoms with Crippen LogP contribution in [0, 0.1) is 13.8 Å². The van der Waals surface area contributed by atoms with Crippen molar-refractivity contribution in [3.8, 4) is 34.4 Å². The Morgan fingerprint density at radius 2 is 1.00 bits per heavy atom. The maximum Gasteiger partial charge on any atom is 0.331 e. The van der Waals surface area contributed by atoms with Gasteiger partial charge >= 0.3 is 11.4 Å². The van der Waals surface area contributed by atoms with Crippen molar-refractivity contribution in [3.05, 3.63) is 126 Å². The van der Waals surface area contributed by atoms with E-state index in [-0.39, 0.29) is 43.6 Å². The number of H-pyrrole nitrogens is 2. The minimum Gasteiger partial charge on any atom is -0.451 e. The summed E-state index contributed by atoms with van der Waals surface area (Å²) in [7, 11) is 0. The lowest BCUT2D eigenvalue weighted by Crippen LogP contribution is -2.22. The molecule has 0 fully saturated rings. The van der Waals surface area contributed by atoms with Crippen LogP contribution < -0.4 is 31.6 Å². The first-order valence-corrected chi connectivity index (χ1v) is 15.0. The molecule has 2 aromatic heterocycles. The SMILES string of the molecule is Cc1ccc(-n2c(=O)[nH]c3cc4c(cc32)Oc2c(Cl)c3c(c(Cl)c2=N4)Oc2cc4c(cc2N=3)[nH]c(=O)n4-c2ccc(C)cc2)cc1. The lowest BCUT2D eigenvalue weighted by Gasteiger charge is -2.21. The summed E-state index contributed by atoms with van der Waals surface area (Å²) >= 11 is 13.8. The van der Waals surface area contributed by atoms with Crippen LogP contribution in [0.15, 0.2) is 92.4 Å². The fraction of sp³-hybridized carbons (Fsp3) is 0.0588. The quantitative estimate of drug-likeness (QED) is 0.210. The number of imidazole rings is 2. The molecule has 0 saturated heterocycles. The molecule has 0 spiro atoms. The number of ether oxygens (including phenoxy) is 2. The van der Waals surface area contributed by atoms with Gasteiger partial charge in [0.15, 0.2) is 23.0 Å². The molecule has 2 aliphatic rings. The van der Waals surface area contributed by atoms with Gasteiger partial charge in [0.05, 0.1) is 33.4 Å². The second-order valence-corrected chi connectivity index (χ2v) is 12.0. The Morgan fingerprint density at radius 1 is 0.609 bits per heavy atom. The normalized spacial score (nSPS) is 12.8. The van der Waals surface area contributed by atoms with Crippen LogP contribution in [-0.4, -0.2) is 19.1 Å². The van der Waals surface area contributed by atoms with E-state index in [4.69, 9.17) is 42.7 Å². The number of aromatic amines is 2. The Hall–Kier alpha value is -5.58. The second kappa shape index (κ2) is 9.46. The largest absolute Gasteiger partial charge is 0.451 e. The number of hydrogen-bond acceptors (Lipinski definition) is 6. The zero-order valence-corrected chi connectivity index (χ0v) is 25.6. The van der Waals surface area contributed by atoms with Crippen LogP contribution in [0.4, 0.5) is 11.4 Å². The van der Waals surface area contributed by atoms with E-state index in [0.29, 0.717) is 56.3 Å². The Bertz CT molecular complexity index is 2530. The lowest BCUT2D eigenvalue weighted by molar-refractivity contribution is 0.452. The fourth-order valence-electron chi connectivity index (χ4n) is 5.95. The maximum absolute atomic E-state index is 13.0. The third-order valence-electron chi connectivity index (χ3n) is 8.24. The number of hydrogen-bond donors (Lipinski definition) is 2. The van der Waals surface area contributed by atoms with E-state index < -0.39 is 0 Å². The summed E-state index contributed by atoms with van der Waals surface area (Å²) in [6, 6.07) is 22.3. The molecule has 0 unspecified atom stereocenters. The van der Waals surface area contributed by atoms with Crippen molar-refractivity contribution in [2.24, 2.45) is 9.98 Å². The smallest absolute Gasteiger partial charge is 0.331 e. The number of aromatic nitrogens is 4. The summed E-state index contributed by atoms with van der Waals surface area (Å²) in [6.07, 6.45) is 0. The molecule has 224 valence electrons. The third-order valence-corrected chi connectivity index (χ3v) is 8.94. The van der Waals surface area contributed by atoms with Crippen molar-refractivity contribution in [2.75, 3.05) is 0 Å². The molecular formula is C34H20Cl2N6O4. The highest BCUT2D eigenvalue weighted by Crippen LogP contribution is 2.44. The van der Waals surface area contributed by atoms with Crippen molar-refractivity contribution in [3.63, 3.8) is 0 Å². The highest BCUT2D eigenvalue weighted by Gasteiger charge is 2.28. The van der Waals surface area contributed by atoms with Gasteiger partial charge in [0.2, 0.25) is 0 Å². The van der Waals surface area contributed by atoms with E-state index in [1.807, 2.05) is 62.4 Å². The molecule has 2 aliphatic heterocycles. The number of benzene rings is 5. The molecule has 0 bridgehead atoms. The molecule has 0 atom stereocenters. The van der Waals surface area contributed by atoms with E-state index >= 15 is 0 Å². The number of nitrogens with zero attached hydrogens (tertiary/aromatic N) is 4. The first kappa shape index (κ1) is 26.8. The van der Waals surface area contributed by atoms with Crippen LogP contribution >= 0.6 is 23.2 Å². The molecule has 2 N–H and O–H groups in total. The van der Waals surface area contributed by atoms with Gasteiger partial charge in [-0.15, -0.1) is 0 Å². The van der Waals surface area contributed by atoms with E-state index in [0.717, 1.165) is 11.1 Å². The predicted molar refractivity (Wildman–Crippen MR) is 176 cm³/mol. The Balaban J connectivity index is 1.19. The summed E-state index contributed by atoms with van der Waals surface area (Å²) in [5.74, 6) is 1.22. The minimum atomic E-state index is -0.292. The number of aryl methyl sites for hydroxylation is 2. The van der Waals surface area contributed by atoms with Crippen LogP contribution in [0.1, 0.15) is 11.1 Å². The average Bonchev–Trinajstić information content (AvgIpc) is 3.54. The van der Waals surface area contributed by atoms with E-state index in [1.54, 1.807) is 33.4 Å². The highest BCUT2D eigenvalue weighted by molar-refractivity contribution is 6.35. The molecule has 4 heterocycles. The van der Waals surface area contributed by atoms with Gasteiger partial charge in [-0.25, -0.2) is 19.6 Å². The zero-order valence-electron chi connectivity index (χ0n) is 24.1. The van der Waals surface area contributed by atoms with E-state index in [2.05, 4.69) is 9.97 Å². The van der Waals surface area contributed by atoms with Crippen molar-refractivity contribution in [2.45, 2.75) is 13.8 Å². The second-order valence-electron chi connectivity index (χ2n) is 11.3. The topological polar surface area (TPSA) is 119 Å². The van der Waals surface area contributed by atoms with Crippen LogP contribution in [0.25, 0.3) is 33.4 Å². The van der Waals surface area contributed by atoms with Gasteiger partial charge in [-0.05, 0) is 50.2 Å². The summed E-state index contributed by atoms with van der Waals surface area (Å²) in [4.78, 5) is 41.3. The molecule has 46 heavy (non-hydrogen) atoms. The highest BCUT2D eigenvalue weighted by atomic mass is 35.5.